The predicted molar refractivity (Wildman–Crippen MR) is 64.8 cm³/mol. The molecule has 0 radical (unpaired) electrons. The van der Waals surface area contributed by atoms with Crippen LogP contribution in [0.2, 0.25) is 0 Å². The summed E-state index contributed by atoms with van der Waals surface area (Å²) in [7, 11) is 0. The molecular weight excluding hydrogens is 182 g/mol. The van der Waals surface area contributed by atoms with Crippen molar-refractivity contribution in [1.82, 2.24) is 0 Å². The molecule has 1 nitrogen and oxygen atoms in total. The van der Waals surface area contributed by atoms with E-state index in [1.54, 1.807) is 0 Å². The van der Waals surface area contributed by atoms with Crippen LogP contribution in [0.25, 0.3) is 0 Å². The average molecular weight is 203 g/mol. The van der Waals surface area contributed by atoms with Crippen LogP contribution in [0.3, 0.4) is 0 Å². The summed E-state index contributed by atoms with van der Waals surface area (Å²) in [4.78, 5) is 0. The summed E-state index contributed by atoms with van der Waals surface area (Å²) in [6.45, 7) is 6.59. The Morgan fingerprint density at radius 1 is 1.20 bits per heavy atom. The lowest BCUT2D eigenvalue weighted by atomic mass is 9.81. The fourth-order valence-electron chi connectivity index (χ4n) is 2.88. The minimum atomic E-state index is -0.0726. The maximum Gasteiger partial charge on any atom is 0.0435 e. The summed E-state index contributed by atoms with van der Waals surface area (Å²) in [5, 5.41) is 0. The number of rotatable bonds is 1. The highest BCUT2D eigenvalue weighted by Gasteiger charge is 2.37. The fraction of sp³-hybridized carbons (Fsp3) is 0.571. The zero-order chi connectivity index (χ0) is 11.1. The quantitative estimate of drug-likeness (QED) is 0.744. The molecule has 1 aliphatic rings. The summed E-state index contributed by atoms with van der Waals surface area (Å²) < 4.78 is 0. The summed E-state index contributed by atoms with van der Waals surface area (Å²) in [5.74, 6) is 0.610. The normalized spacial score (nSPS) is 30.8. The summed E-state index contributed by atoms with van der Waals surface area (Å²) in [6, 6.07) is 6.73. The lowest BCUT2D eigenvalue weighted by Gasteiger charge is -2.30. The van der Waals surface area contributed by atoms with Crippen molar-refractivity contribution in [2.45, 2.75) is 45.6 Å². The standard InChI is InChI=1S/C14H21N/c1-10-7-11(2)9-13(8-10)14(15)6-4-5-12(14)3/h7-9,12H,4-6,15H2,1-3H3. The van der Waals surface area contributed by atoms with Crippen molar-refractivity contribution in [3.8, 4) is 0 Å². The molecule has 0 spiro atoms. The highest BCUT2D eigenvalue weighted by atomic mass is 14.8. The van der Waals surface area contributed by atoms with Crippen LogP contribution >= 0.6 is 0 Å². The minimum Gasteiger partial charge on any atom is -0.321 e. The maximum atomic E-state index is 6.56. The monoisotopic (exact) mass is 203 g/mol. The van der Waals surface area contributed by atoms with Gasteiger partial charge in [-0.3, -0.25) is 0 Å². The predicted octanol–water partition coefficient (Wildman–Crippen LogP) is 3.28. The van der Waals surface area contributed by atoms with Crippen molar-refractivity contribution in [3.63, 3.8) is 0 Å². The molecule has 82 valence electrons. The van der Waals surface area contributed by atoms with E-state index in [9.17, 15) is 0 Å². The Bertz CT molecular complexity index is 349. The van der Waals surface area contributed by atoms with Gasteiger partial charge in [-0.1, -0.05) is 42.7 Å². The van der Waals surface area contributed by atoms with E-state index < -0.39 is 0 Å². The molecule has 0 bridgehead atoms. The second-order valence-corrected chi connectivity index (χ2v) is 5.21. The molecule has 1 fully saturated rings. The molecule has 1 aromatic rings. The second-order valence-electron chi connectivity index (χ2n) is 5.21. The molecule has 2 rings (SSSR count). The van der Waals surface area contributed by atoms with Crippen LogP contribution in [-0.4, -0.2) is 0 Å². The lowest BCUT2D eigenvalue weighted by molar-refractivity contribution is 0.349. The summed E-state index contributed by atoms with van der Waals surface area (Å²) in [6.07, 6.45) is 3.67. The summed E-state index contributed by atoms with van der Waals surface area (Å²) in [5.41, 5.74) is 10.5. The third-order valence-corrected chi connectivity index (χ3v) is 3.87. The van der Waals surface area contributed by atoms with Gasteiger partial charge in [0.1, 0.15) is 0 Å². The van der Waals surface area contributed by atoms with Gasteiger partial charge >= 0.3 is 0 Å². The third-order valence-electron chi connectivity index (χ3n) is 3.87. The largest absolute Gasteiger partial charge is 0.321 e. The Morgan fingerprint density at radius 3 is 2.27 bits per heavy atom. The summed E-state index contributed by atoms with van der Waals surface area (Å²) >= 11 is 0. The number of aryl methyl sites for hydroxylation is 2. The van der Waals surface area contributed by atoms with E-state index in [1.165, 1.54) is 29.5 Å². The highest BCUT2D eigenvalue weighted by molar-refractivity contribution is 5.34. The lowest BCUT2D eigenvalue weighted by Crippen LogP contribution is -2.39. The van der Waals surface area contributed by atoms with Gasteiger partial charge in [-0.2, -0.15) is 0 Å². The molecule has 2 unspecified atom stereocenters. The van der Waals surface area contributed by atoms with Crippen molar-refractivity contribution in [2.24, 2.45) is 11.7 Å². The van der Waals surface area contributed by atoms with E-state index in [1.807, 2.05) is 0 Å². The van der Waals surface area contributed by atoms with E-state index in [2.05, 4.69) is 39.0 Å². The maximum absolute atomic E-state index is 6.56. The molecule has 2 atom stereocenters. The van der Waals surface area contributed by atoms with Gasteiger partial charge in [-0.15, -0.1) is 0 Å². The Kier molecular flexibility index (Phi) is 2.59. The van der Waals surface area contributed by atoms with Crippen LogP contribution in [0.15, 0.2) is 18.2 Å². The van der Waals surface area contributed by atoms with Crippen molar-refractivity contribution < 1.29 is 0 Å². The Hall–Kier alpha value is -0.820. The Morgan fingerprint density at radius 2 is 1.80 bits per heavy atom. The van der Waals surface area contributed by atoms with Gasteiger partial charge in [0.25, 0.3) is 0 Å². The van der Waals surface area contributed by atoms with E-state index in [4.69, 9.17) is 5.73 Å². The van der Waals surface area contributed by atoms with E-state index in [0.717, 1.165) is 6.42 Å². The molecular formula is C14H21N. The highest BCUT2D eigenvalue weighted by Crippen LogP contribution is 2.41. The van der Waals surface area contributed by atoms with Gasteiger partial charge < -0.3 is 5.73 Å². The van der Waals surface area contributed by atoms with Gasteiger partial charge in [0.15, 0.2) is 0 Å². The van der Waals surface area contributed by atoms with Crippen molar-refractivity contribution in [2.75, 3.05) is 0 Å². The molecule has 15 heavy (non-hydrogen) atoms. The molecule has 1 heteroatoms. The zero-order valence-electron chi connectivity index (χ0n) is 10.0. The number of hydrogen-bond acceptors (Lipinski definition) is 1. The molecule has 0 aliphatic heterocycles. The van der Waals surface area contributed by atoms with E-state index in [-0.39, 0.29) is 5.54 Å². The first kappa shape index (κ1) is 10.7. The number of benzene rings is 1. The molecule has 1 saturated carbocycles. The molecule has 0 saturated heterocycles. The van der Waals surface area contributed by atoms with Crippen LogP contribution in [0.5, 0.6) is 0 Å². The first-order valence-electron chi connectivity index (χ1n) is 5.90. The Labute approximate surface area is 92.7 Å². The van der Waals surface area contributed by atoms with Gasteiger partial charge in [0.05, 0.1) is 0 Å². The molecule has 1 aliphatic carbocycles. The fourth-order valence-corrected chi connectivity index (χ4v) is 2.88. The van der Waals surface area contributed by atoms with Gasteiger partial charge in [0.2, 0.25) is 0 Å². The second kappa shape index (κ2) is 3.64. The van der Waals surface area contributed by atoms with Crippen molar-refractivity contribution in [1.29, 1.82) is 0 Å². The van der Waals surface area contributed by atoms with Gasteiger partial charge in [-0.05, 0) is 38.2 Å². The van der Waals surface area contributed by atoms with Crippen LogP contribution < -0.4 is 5.73 Å². The van der Waals surface area contributed by atoms with Crippen LogP contribution in [0.1, 0.15) is 42.9 Å². The van der Waals surface area contributed by atoms with E-state index in [0.29, 0.717) is 5.92 Å². The van der Waals surface area contributed by atoms with Crippen LogP contribution in [-0.2, 0) is 5.54 Å². The van der Waals surface area contributed by atoms with Crippen molar-refractivity contribution in [3.05, 3.63) is 34.9 Å². The molecule has 0 aromatic heterocycles. The number of hydrogen-bond donors (Lipinski definition) is 1. The van der Waals surface area contributed by atoms with Crippen LogP contribution in [0.4, 0.5) is 0 Å². The first-order chi connectivity index (χ1) is 7.02. The van der Waals surface area contributed by atoms with Gasteiger partial charge in [0, 0.05) is 5.54 Å². The Balaban J connectivity index is 2.44. The van der Waals surface area contributed by atoms with Crippen LogP contribution in [0, 0.1) is 19.8 Å². The molecule has 2 N–H and O–H groups in total. The SMILES string of the molecule is Cc1cc(C)cc(C2(N)CCCC2C)c1. The molecule has 0 amide bonds. The molecule has 1 aromatic carbocycles. The topological polar surface area (TPSA) is 26.0 Å². The molecule has 0 heterocycles. The average Bonchev–Trinajstić information content (AvgIpc) is 2.47. The van der Waals surface area contributed by atoms with Crippen molar-refractivity contribution >= 4 is 0 Å². The third kappa shape index (κ3) is 1.81. The van der Waals surface area contributed by atoms with E-state index >= 15 is 0 Å². The van der Waals surface area contributed by atoms with Gasteiger partial charge in [-0.25, -0.2) is 0 Å². The minimum absolute atomic E-state index is 0.0726. The number of nitrogens with two attached hydrogens (primary N) is 1. The zero-order valence-corrected chi connectivity index (χ0v) is 10.0. The first-order valence-corrected chi connectivity index (χ1v) is 5.90. The smallest absolute Gasteiger partial charge is 0.0435 e.